The Kier molecular flexibility index (Phi) is 5.82. The Bertz CT molecular complexity index is 990. The molecule has 1 aliphatic heterocycles. The molecule has 27 heavy (non-hydrogen) atoms. The number of anilines is 1. The van der Waals surface area contributed by atoms with E-state index < -0.39 is 10.0 Å². The van der Waals surface area contributed by atoms with Crippen molar-refractivity contribution < 1.29 is 13.2 Å². The van der Waals surface area contributed by atoms with Crippen LogP contribution in [-0.4, -0.2) is 39.3 Å². The van der Waals surface area contributed by atoms with E-state index in [1.807, 2.05) is 6.07 Å². The molecule has 0 atom stereocenters. The monoisotopic (exact) mass is 426 g/mol. The van der Waals surface area contributed by atoms with Crippen molar-refractivity contribution in [3.05, 3.63) is 57.6 Å². The highest BCUT2D eigenvalue weighted by Gasteiger charge is 2.27. The molecule has 0 N–H and O–H groups in total. The molecule has 1 aliphatic rings. The van der Waals surface area contributed by atoms with E-state index in [0.717, 1.165) is 16.8 Å². The largest absolute Gasteiger partial charge is 0.312 e. The zero-order valence-corrected chi connectivity index (χ0v) is 17.4. The lowest BCUT2D eigenvalue weighted by Gasteiger charge is -2.18. The second kappa shape index (κ2) is 7.80. The van der Waals surface area contributed by atoms with Crippen LogP contribution >= 0.6 is 23.2 Å². The van der Waals surface area contributed by atoms with Gasteiger partial charge in [0.15, 0.2) is 0 Å². The van der Waals surface area contributed by atoms with E-state index in [1.165, 1.54) is 18.4 Å². The van der Waals surface area contributed by atoms with Gasteiger partial charge in [0, 0.05) is 42.8 Å². The number of hydrogen-bond acceptors (Lipinski definition) is 3. The lowest BCUT2D eigenvalue weighted by Crippen LogP contribution is -2.29. The Labute approximate surface area is 169 Å². The van der Waals surface area contributed by atoms with Gasteiger partial charge < -0.3 is 4.90 Å². The predicted molar refractivity (Wildman–Crippen MR) is 108 cm³/mol. The molecule has 0 aliphatic carbocycles. The van der Waals surface area contributed by atoms with E-state index in [1.54, 1.807) is 35.2 Å². The van der Waals surface area contributed by atoms with Crippen LogP contribution in [-0.2, 0) is 27.7 Å². The summed E-state index contributed by atoms with van der Waals surface area (Å²) in [6, 6.07) is 10.2. The molecule has 0 saturated heterocycles. The highest BCUT2D eigenvalue weighted by Crippen LogP contribution is 2.31. The highest BCUT2D eigenvalue weighted by molar-refractivity contribution is 7.89. The maximum absolute atomic E-state index is 12.7. The topological polar surface area (TPSA) is 57.7 Å². The van der Waals surface area contributed by atoms with Crippen molar-refractivity contribution in [1.82, 2.24) is 4.31 Å². The van der Waals surface area contributed by atoms with Crippen molar-refractivity contribution in [3.63, 3.8) is 0 Å². The predicted octanol–water partition coefficient (Wildman–Crippen LogP) is 3.77. The third-order valence-electron chi connectivity index (χ3n) is 4.65. The average molecular weight is 427 g/mol. The third kappa shape index (κ3) is 4.14. The summed E-state index contributed by atoms with van der Waals surface area (Å²) in [5.74, 6) is -0.0111. The second-order valence-electron chi connectivity index (χ2n) is 6.61. The van der Waals surface area contributed by atoms with Gasteiger partial charge in [0.05, 0.1) is 4.90 Å². The quantitative estimate of drug-likeness (QED) is 0.730. The lowest BCUT2D eigenvalue weighted by molar-refractivity contribution is -0.118. The normalized spacial score (nSPS) is 13.9. The minimum absolute atomic E-state index is 0.0111. The summed E-state index contributed by atoms with van der Waals surface area (Å²) < 4.78 is 25.8. The second-order valence-corrected chi connectivity index (χ2v) is 9.60. The highest BCUT2D eigenvalue weighted by atomic mass is 35.5. The Morgan fingerprint density at radius 1 is 1.15 bits per heavy atom. The lowest BCUT2D eigenvalue weighted by atomic mass is 10.1. The fourth-order valence-electron chi connectivity index (χ4n) is 3.11. The van der Waals surface area contributed by atoms with Gasteiger partial charge in [-0.1, -0.05) is 29.3 Å². The molecule has 2 aromatic rings. The first kappa shape index (κ1) is 20.1. The molecule has 0 bridgehead atoms. The number of aryl methyl sites for hydroxylation is 1. The molecule has 0 fully saturated rings. The molecule has 1 amide bonds. The maximum atomic E-state index is 12.7. The molecule has 2 aromatic carbocycles. The van der Waals surface area contributed by atoms with E-state index in [9.17, 15) is 13.2 Å². The summed E-state index contributed by atoms with van der Waals surface area (Å²) in [4.78, 5) is 14.6. The molecule has 0 radical (unpaired) electrons. The molecule has 1 heterocycles. The van der Waals surface area contributed by atoms with Crippen LogP contribution in [0.25, 0.3) is 0 Å². The summed E-state index contributed by atoms with van der Waals surface area (Å²) in [5, 5.41) is 1.11. The van der Waals surface area contributed by atoms with Gasteiger partial charge >= 0.3 is 0 Å². The first-order valence-electron chi connectivity index (χ1n) is 8.50. The fraction of sp³-hybridized carbons (Fsp3) is 0.316. The van der Waals surface area contributed by atoms with Crippen LogP contribution < -0.4 is 4.90 Å². The number of carbonyl (C=O) groups excluding carboxylic acids is 1. The molecule has 5 nitrogen and oxygen atoms in total. The van der Waals surface area contributed by atoms with Crippen molar-refractivity contribution in [3.8, 4) is 0 Å². The van der Waals surface area contributed by atoms with Crippen LogP contribution in [0.3, 0.4) is 0 Å². The number of sulfonamides is 1. The number of hydrogen-bond donors (Lipinski definition) is 0. The Morgan fingerprint density at radius 3 is 2.56 bits per heavy atom. The Morgan fingerprint density at radius 2 is 1.89 bits per heavy atom. The average Bonchev–Trinajstić information content (AvgIpc) is 3.03. The SMILES string of the molecule is CN(C)S(=O)(=O)c1ccc2c(c1)CCN2C(=O)CCc1ccc(Cl)cc1Cl. The molecular weight excluding hydrogens is 407 g/mol. The van der Waals surface area contributed by atoms with E-state index >= 15 is 0 Å². The summed E-state index contributed by atoms with van der Waals surface area (Å²) in [5.41, 5.74) is 2.52. The van der Waals surface area contributed by atoms with Crippen LogP contribution in [0.2, 0.25) is 10.0 Å². The molecule has 0 unspecified atom stereocenters. The summed E-state index contributed by atoms with van der Waals surface area (Å²) in [6.45, 7) is 0.550. The van der Waals surface area contributed by atoms with E-state index in [2.05, 4.69) is 0 Å². The van der Waals surface area contributed by atoms with Gasteiger partial charge in [-0.05, 0) is 54.3 Å². The number of rotatable bonds is 5. The summed E-state index contributed by atoms with van der Waals surface area (Å²) >= 11 is 12.1. The van der Waals surface area contributed by atoms with Crippen LogP contribution in [0.1, 0.15) is 17.5 Å². The van der Waals surface area contributed by atoms with Gasteiger partial charge in [0.25, 0.3) is 0 Å². The van der Waals surface area contributed by atoms with Gasteiger partial charge in [0.2, 0.25) is 15.9 Å². The molecular formula is C19H20Cl2N2O3S. The number of benzene rings is 2. The summed E-state index contributed by atoms with van der Waals surface area (Å²) in [7, 11) is -0.486. The number of amides is 1. The van der Waals surface area contributed by atoms with Gasteiger partial charge in [0.1, 0.15) is 0 Å². The van der Waals surface area contributed by atoms with Crippen LogP contribution in [0.4, 0.5) is 5.69 Å². The van der Waals surface area contributed by atoms with E-state index in [0.29, 0.717) is 35.9 Å². The Hall–Kier alpha value is -1.60. The molecule has 0 aromatic heterocycles. The maximum Gasteiger partial charge on any atom is 0.242 e. The number of carbonyl (C=O) groups is 1. The van der Waals surface area contributed by atoms with Gasteiger partial charge in [-0.3, -0.25) is 4.79 Å². The van der Waals surface area contributed by atoms with Gasteiger partial charge in [-0.15, -0.1) is 0 Å². The van der Waals surface area contributed by atoms with Crippen LogP contribution in [0.15, 0.2) is 41.3 Å². The van der Waals surface area contributed by atoms with Gasteiger partial charge in [-0.25, -0.2) is 12.7 Å². The molecule has 3 rings (SSSR count). The zero-order chi connectivity index (χ0) is 19.8. The number of halogens is 2. The smallest absolute Gasteiger partial charge is 0.242 e. The van der Waals surface area contributed by atoms with Crippen molar-refractivity contribution in [1.29, 1.82) is 0 Å². The van der Waals surface area contributed by atoms with E-state index in [4.69, 9.17) is 23.2 Å². The first-order chi connectivity index (χ1) is 12.7. The van der Waals surface area contributed by atoms with Crippen molar-refractivity contribution in [2.45, 2.75) is 24.2 Å². The molecule has 8 heteroatoms. The molecule has 144 valence electrons. The number of nitrogens with zero attached hydrogens (tertiary/aromatic N) is 2. The first-order valence-corrected chi connectivity index (χ1v) is 10.7. The van der Waals surface area contributed by atoms with Gasteiger partial charge in [-0.2, -0.15) is 0 Å². The minimum Gasteiger partial charge on any atom is -0.312 e. The zero-order valence-electron chi connectivity index (χ0n) is 15.1. The minimum atomic E-state index is -3.49. The third-order valence-corrected chi connectivity index (χ3v) is 7.05. The standard InChI is InChI=1S/C19H20Cl2N2O3S/c1-22(2)27(25,26)16-6-7-18-14(11-16)9-10-23(18)19(24)8-4-13-3-5-15(20)12-17(13)21/h3,5-7,11-12H,4,8-10H2,1-2H3. The summed E-state index contributed by atoms with van der Waals surface area (Å²) in [6.07, 6.45) is 1.48. The molecule has 0 saturated carbocycles. The van der Waals surface area contributed by atoms with Crippen LogP contribution in [0, 0.1) is 0 Å². The van der Waals surface area contributed by atoms with Crippen LogP contribution in [0.5, 0.6) is 0 Å². The number of fused-ring (bicyclic) bond motifs is 1. The van der Waals surface area contributed by atoms with Crippen molar-refractivity contribution in [2.24, 2.45) is 0 Å². The fourth-order valence-corrected chi connectivity index (χ4v) is 4.57. The van der Waals surface area contributed by atoms with Crippen molar-refractivity contribution in [2.75, 3.05) is 25.5 Å². The van der Waals surface area contributed by atoms with Crippen molar-refractivity contribution >= 4 is 44.8 Å². The molecule has 0 spiro atoms. The van der Waals surface area contributed by atoms with E-state index in [-0.39, 0.29) is 10.8 Å². The Balaban J connectivity index is 1.74.